The van der Waals surface area contributed by atoms with E-state index in [1.54, 1.807) is 0 Å². The smallest absolute Gasteiger partial charge is 0.0585 e. The number of fused-ring (bicyclic) bond motifs is 1. The van der Waals surface area contributed by atoms with Crippen molar-refractivity contribution in [1.82, 2.24) is 10.2 Å². The Morgan fingerprint density at radius 3 is 2.50 bits per heavy atom. The zero-order valence-corrected chi connectivity index (χ0v) is 11.2. The third-order valence-electron chi connectivity index (χ3n) is 3.60. The van der Waals surface area contributed by atoms with Gasteiger partial charge in [-0.25, -0.2) is 0 Å². The van der Waals surface area contributed by atoms with Crippen molar-refractivity contribution < 1.29 is 5.11 Å². The molecule has 18 heavy (non-hydrogen) atoms. The van der Waals surface area contributed by atoms with Gasteiger partial charge in [0.1, 0.15) is 0 Å². The van der Waals surface area contributed by atoms with E-state index in [4.69, 9.17) is 0 Å². The normalized spacial score (nSPS) is 16.8. The molecule has 0 amide bonds. The van der Waals surface area contributed by atoms with Gasteiger partial charge >= 0.3 is 0 Å². The first-order chi connectivity index (χ1) is 8.83. The number of benzene rings is 1. The minimum Gasteiger partial charge on any atom is -0.395 e. The second kappa shape index (κ2) is 6.88. The lowest BCUT2D eigenvalue weighted by molar-refractivity contribution is 0.206. The van der Waals surface area contributed by atoms with Gasteiger partial charge in [-0.15, -0.1) is 0 Å². The van der Waals surface area contributed by atoms with E-state index in [1.165, 1.54) is 11.1 Å². The summed E-state index contributed by atoms with van der Waals surface area (Å²) in [6, 6.07) is 8.90. The van der Waals surface area contributed by atoms with Gasteiger partial charge in [-0.3, -0.25) is 4.90 Å². The standard InChI is InChI=1S/C15H24N2O/c1-2-8-16-15(12-18)7-9-17-10-13-5-3-4-6-14(13)11-17/h3-6,15-16,18H,2,7-12H2,1H3. The first kappa shape index (κ1) is 13.5. The molecule has 3 heteroatoms. The fourth-order valence-electron chi connectivity index (χ4n) is 2.51. The Balaban J connectivity index is 1.75. The van der Waals surface area contributed by atoms with Gasteiger partial charge in [0.25, 0.3) is 0 Å². The molecule has 0 spiro atoms. The van der Waals surface area contributed by atoms with Crippen LogP contribution in [0.5, 0.6) is 0 Å². The molecular weight excluding hydrogens is 224 g/mol. The second-order valence-electron chi connectivity index (χ2n) is 5.10. The molecule has 0 aliphatic carbocycles. The molecule has 1 aromatic rings. The summed E-state index contributed by atoms with van der Waals surface area (Å²) in [5.41, 5.74) is 2.92. The summed E-state index contributed by atoms with van der Waals surface area (Å²) in [7, 11) is 0. The lowest BCUT2D eigenvalue weighted by Crippen LogP contribution is -2.36. The zero-order valence-electron chi connectivity index (χ0n) is 11.2. The van der Waals surface area contributed by atoms with Crippen molar-refractivity contribution in [3.63, 3.8) is 0 Å². The number of aliphatic hydroxyl groups excluding tert-OH is 1. The molecule has 1 unspecified atom stereocenters. The van der Waals surface area contributed by atoms with Crippen LogP contribution in [-0.2, 0) is 13.1 Å². The molecule has 1 aliphatic heterocycles. The monoisotopic (exact) mass is 248 g/mol. The summed E-state index contributed by atoms with van der Waals surface area (Å²) in [5, 5.41) is 12.7. The molecule has 0 aromatic heterocycles. The molecule has 1 atom stereocenters. The summed E-state index contributed by atoms with van der Waals surface area (Å²) in [5.74, 6) is 0. The van der Waals surface area contributed by atoms with E-state index in [0.29, 0.717) is 0 Å². The van der Waals surface area contributed by atoms with Gasteiger partial charge in [-0.2, -0.15) is 0 Å². The molecule has 1 heterocycles. The van der Waals surface area contributed by atoms with Gasteiger partial charge < -0.3 is 10.4 Å². The molecule has 0 bridgehead atoms. The highest BCUT2D eigenvalue weighted by Gasteiger charge is 2.18. The van der Waals surface area contributed by atoms with Crippen LogP contribution in [0.3, 0.4) is 0 Å². The van der Waals surface area contributed by atoms with Gasteiger partial charge in [0.15, 0.2) is 0 Å². The molecule has 1 aliphatic rings. The van der Waals surface area contributed by atoms with Crippen LogP contribution in [0.4, 0.5) is 0 Å². The molecule has 0 saturated heterocycles. The average Bonchev–Trinajstić information content (AvgIpc) is 2.81. The van der Waals surface area contributed by atoms with Crippen molar-refractivity contribution in [1.29, 1.82) is 0 Å². The van der Waals surface area contributed by atoms with Gasteiger partial charge in [0, 0.05) is 25.7 Å². The lowest BCUT2D eigenvalue weighted by Gasteiger charge is -2.20. The molecule has 0 fully saturated rings. The second-order valence-corrected chi connectivity index (χ2v) is 5.10. The SMILES string of the molecule is CCCNC(CO)CCN1Cc2ccccc2C1. The van der Waals surface area contributed by atoms with E-state index in [2.05, 4.69) is 41.4 Å². The Kier molecular flexibility index (Phi) is 5.17. The van der Waals surface area contributed by atoms with E-state index in [9.17, 15) is 5.11 Å². The summed E-state index contributed by atoms with van der Waals surface area (Å²) in [4.78, 5) is 2.46. The number of aliphatic hydroxyl groups is 1. The molecule has 1 aromatic carbocycles. The van der Waals surface area contributed by atoms with Crippen molar-refractivity contribution in [3.8, 4) is 0 Å². The first-order valence-electron chi connectivity index (χ1n) is 6.97. The molecule has 0 saturated carbocycles. The maximum Gasteiger partial charge on any atom is 0.0585 e. The van der Waals surface area contributed by atoms with E-state index in [-0.39, 0.29) is 12.6 Å². The van der Waals surface area contributed by atoms with Crippen molar-refractivity contribution in [3.05, 3.63) is 35.4 Å². The Bertz CT molecular complexity index is 342. The van der Waals surface area contributed by atoms with Crippen molar-refractivity contribution in [2.24, 2.45) is 0 Å². The molecule has 100 valence electrons. The Morgan fingerprint density at radius 2 is 1.94 bits per heavy atom. The van der Waals surface area contributed by atoms with Crippen LogP contribution in [0.1, 0.15) is 30.9 Å². The van der Waals surface area contributed by atoms with Crippen LogP contribution in [0.15, 0.2) is 24.3 Å². The van der Waals surface area contributed by atoms with Crippen LogP contribution in [0.2, 0.25) is 0 Å². The van der Waals surface area contributed by atoms with Crippen molar-refractivity contribution in [2.45, 2.75) is 38.9 Å². The van der Waals surface area contributed by atoms with E-state index in [1.807, 2.05) is 0 Å². The quantitative estimate of drug-likeness (QED) is 0.772. The summed E-state index contributed by atoms with van der Waals surface area (Å²) in [6.07, 6.45) is 2.14. The summed E-state index contributed by atoms with van der Waals surface area (Å²) >= 11 is 0. The molecule has 2 N–H and O–H groups in total. The van der Waals surface area contributed by atoms with Crippen molar-refractivity contribution in [2.75, 3.05) is 19.7 Å². The minimum atomic E-state index is 0.237. The van der Waals surface area contributed by atoms with E-state index in [0.717, 1.165) is 39.0 Å². The van der Waals surface area contributed by atoms with Gasteiger partial charge in [0.2, 0.25) is 0 Å². The van der Waals surface area contributed by atoms with E-state index < -0.39 is 0 Å². The van der Waals surface area contributed by atoms with Crippen LogP contribution in [-0.4, -0.2) is 35.7 Å². The predicted octanol–water partition coefficient (Wildman–Crippen LogP) is 1.75. The largest absolute Gasteiger partial charge is 0.395 e. The topological polar surface area (TPSA) is 35.5 Å². The fourth-order valence-corrected chi connectivity index (χ4v) is 2.51. The van der Waals surface area contributed by atoms with Crippen LogP contribution < -0.4 is 5.32 Å². The highest BCUT2D eigenvalue weighted by Crippen LogP contribution is 2.22. The third-order valence-corrected chi connectivity index (χ3v) is 3.60. The van der Waals surface area contributed by atoms with E-state index >= 15 is 0 Å². The Morgan fingerprint density at radius 1 is 1.28 bits per heavy atom. The summed E-state index contributed by atoms with van der Waals surface area (Å²) < 4.78 is 0. The maximum absolute atomic E-state index is 9.32. The van der Waals surface area contributed by atoms with Crippen molar-refractivity contribution >= 4 is 0 Å². The Labute approximate surface area is 110 Å². The van der Waals surface area contributed by atoms with Gasteiger partial charge in [-0.05, 0) is 30.5 Å². The lowest BCUT2D eigenvalue weighted by atomic mass is 10.1. The average molecular weight is 248 g/mol. The number of hydrogen-bond donors (Lipinski definition) is 2. The maximum atomic E-state index is 9.32. The predicted molar refractivity (Wildman–Crippen MR) is 74.3 cm³/mol. The third kappa shape index (κ3) is 3.55. The van der Waals surface area contributed by atoms with Gasteiger partial charge in [-0.1, -0.05) is 31.2 Å². The van der Waals surface area contributed by atoms with Gasteiger partial charge in [0.05, 0.1) is 6.61 Å². The van der Waals surface area contributed by atoms with Crippen LogP contribution >= 0.6 is 0 Å². The number of nitrogens with zero attached hydrogens (tertiary/aromatic N) is 1. The molecule has 3 nitrogen and oxygen atoms in total. The zero-order chi connectivity index (χ0) is 12.8. The molecule has 0 radical (unpaired) electrons. The number of nitrogens with one attached hydrogen (secondary N) is 1. The summed E-state index contributed by atoms with van der Waals surface area (Å²) in [6.45, 7) is 6.55. The minimum absolute atomic E-state index is 0.237. The van der Waals surface area contributed by atoms with Crippen LogP contribution in [0.25, 0.3) is 0 Å². The highest BCUT2D eigenvalue weighted by atomic mass is 16.3. The fraction of sp³-hybridized carbons (Fsp3) is 0.600. The number of hydrogen-bond acceptors (Lipinski definition) is 3. The Hall–Kier alpha value is -0.900. The number of rotatable bonds is 7. The van der Waals surface area contributed by atoms with Crippen LogP contribution in [0, 0.1) is 0 Å². The first-order valence-corrected chi connectivity index (χ1v) is 6.97. The molecule has 2 rings (SSSR count). The highest BCUT2D eigenvalue weighted by molar-refractivity contribution is 5.30. The molecular formula is C15H24N2O.